The molecule has 0 saturated heterocycles. The van der Waals surface area contributed by atoms with Crippen molar-refractivity contribution in [2.75, 3.05) is 5.32 Å². The number of nitrogens with one attached hydrogen (secondary N) is 1. The van der Waals surface area contributed by atoms with Crippen LogP contribution in [0.5, 0.6) is 0 Å². The Morgan fingerprint density at radius 2 is 1.85 bits per heavy atom. The molecular formula is C19H16Cl2N4O2. The van der Waals surface area contributed by atoms with Crippen molar-refractivity contribution in [3.63, 3.8) is 0 Å². The van der Waals surface area contributed by atoms with Gasteiger partial charge in [-0.3, -0.25) is 14.6 Å². The summed E-state index contributed by atoms with van der Waals surface area (Å²) in [6.07, 6.45) is 10.5. The number of fused-ring (bicyclic) bond motifs is 1. The molecular weight excluding hydrogens is 387 g/mol. The molecule has 0 atom stereocenters. The first kappa shape index (κ1) is 17.9. The summed E-state index contributed by atoms with van der Waals surface area (Å²) in [6, 6.07) is 3.86. The van der Waals surface area contributed by atoms with Crippen LogP contribution in [0.3, 0.4) is 0 Å². The van der Waals surface area contributed by atoms with Gasteiger partial charge in [-0.15, -0.1) is 0 Å². The lowest BCUT2D eigenvalue weighted by molar-refractivity contribution is -0.112. The van der Waals surface area contributed by atoms with Gasteiger partial charge in [-0.05, 0) is 25.0 Å². The first-order valence-electron chi connectivity index (χ1n) is 8.66. The lowest BCUT2D eigenvalue weighted by atomic mass is 10.1. The zero-order chi connectivity index (χ0) is 19.0. The van der Waals surface area contributed by atoms with Gasteiger partial charge in [-0.1, -0.05) is 36.0 Å². The first-order valence-corrected chi connectivity index (χ1v) is 9.42. The number of pyridine rings is 2. The standard InChI is InChI=1S/C19H16Cl2N4O2/c20-14-8-22-9-15(21)16(14)24-19(27)17(26)13-10-25(11-4-1-2-5-11)18-12(13)6-3-7-23-18/h3,6-11H,1-2,4-5H2,(H,22,24,27). The zero-order valence-corrected chi connectivity index (χ0v) is 15.8. The molecule has 1 N–H and O–H groups in total. The minimum atomic E-state index is -0.806. The van der Waals surface area contributed by atoms with Gasteiger partial charge in [-0.2, -0.15) is 0 Å². The normalized spacial score (nSPS) is 14.6. The minimum absolute atomic E-state index is 0.165. The SMILES string of the molecule is O=C(Nc1c(Cl)cncc1Cl)C(=O)c1cn(C2CCCC2)c2ncccc12. The van der Waals surface area contributed by atoms with Crippen molar-refractivity contribution in [3.8, 4) is 0 Å². The summed E-state index contributed by atoms with van der Waals surface area (Å²) in [4.78, 5) is 33.7. The molecule has 1 aliphatic rings. The number of Topliss-reactive ketones (excluding diaryl/α,β-unsaturated/α-hetero) is 1. The Labute approximate surface area is 165 Å². The number of ketones is 1. The summed E-state index contributed by atoms with van der Waals surface area (Å²) >= 11 is 12.0. The van der Waals surface area contributed by atoms with E-state index in [2.05, 4.69) is 15.3 Å². The monoisotopic (exact) mass is 402 g/mol. The highest BCUT2D eigenvalue weighted by atomic mass is 35.5. The molecule has 4 rings (SSSR count). The highest BCUT2D eigenvalue weighted by molar-refractivity contribution is 6.50. The maximum absolute atomic E-state index is 12.9. The Morgan fingerprint density at radius 1 is 1.15 bits per heavy atom. The largest absolute Gasteiger partial charge is 0.329 e. The van der Waals surface area contributed by atoms with E-state index in [4.69, 9.17) is 23.2 Å². The van der Waals surface area contributed by atoms with Crippen LogP contribution in [0.15, 0.2) is 36.9 Å². The third-order valence-corrected chi connectivity index (χ3v) is 5.42. The fourth-order valence-corrected chi connectivity index (χ4v) is 4.01. The van der Waals surface area contributed by atoms with Gasteiger partial charge in [0.15, 0.2) is 0 Å². The Morgan fingerprint density at radius 3 is 2.56 bits per heavy atom. The number of rotatable bonds is 4. The molecule has 1 amide bonds. The molecule has 8 heteroatoms. The van der Waals surface area contributed by atoms with Crippen LogP contribution >= 0.6 is 23.2 Å². The van der Waals surface area contributed by atoms with Crippen molar-refractivity contribution in [2.24, 2.45) is 0 Å². The molecule has 0 bridgehead atoms. The number of anilines is 1. The van der Waals surface area contributed by atoms with Gasteiger partial charge < -0.3 is 9.88 Å². The van der Waals surface area contributed by atoms with E-state index in [1.165, 1.54) is 12.4 Å². The van der Waals surface area contributed by atoms with E-state index in [9.17, 15) is 9.59 Å². The molecule has 1 saturated carbocycles. The number of halogens is 2. The molecule has 1 fully saturated rings. The van der Waals surface area contributed by atoms with E-state index in [0.29, 0.717) is 17.0 Å². The van der Waals surface area contributed by atoms with Crippen molar-refractivity contribution < 1.29 is 9.59 Å². The van der Waals surface area contributed by atoms with Gasteiger partial charge in [0.1, 0.15) is 5.65 Å². The maximum Gasteiger partial charge on any atom is 0.296 e. The Balaban J connectivity index is 1.69. The Hall–Kier alpha value is -2.44. The van der Waals surface area contributed by atoms with E-state index < -0.39 is 11.7 Å². The van der Waals surface area contributed by atoms with Crippen LogP contribution in [0.1, 0.15) is 42.1 Å². The molecule has 3 aromatic heterocycles. The molecule has 27 heavy (non-hydrogen) atoms. The molecule has 138 valence electrons. The number of nitrogens with zero attached hydrogens (tertiary/aromatic N) is 3. The van der Waals surface area contributed by atoms with Crippen molar-refractivity contribution in [2.45, 2.75) is 31.7 Å². The number of hydrogen-bond donors (Lipinski definition) is 1. The summed E-state index contributed by atoms with van der Waals surface area (Å²) in [5.41, 5.74) is 1.22. The molecule has 3 heterocycles. The van der Waals surface area contributed by atoms with Crippen molar-refractivity contribution in [1.82, 2.24) is 14.5 Å². The molecule has 0 aromatic carbocycles. The topological polar surface area (TPSA) is 76.9 Å². The molecule has 0 aliphatic heterocycles. The smallest absolute Gasteiger partial charge is 0.296 e. The van der Waals surface area contributed by atoms with Gasteiger partial charge in [0, 0.05) is 36.2 Å². The van der Waals surface area contributed by atoms with Gasteiger partial charge in [-0.25, -0.2) is 4.98 Å². The number of carbonyl (C=O) groups excluding carboxylic acids is 2. The molecule has 0 radical (unpaired) electrons. The van der Waals surface area contributed by atoms with E-state index in [1.54, 1.807) is 24.5 Å². The zero-order valence-electron chi connectivity index (χ0n) is 14.3. The first-order chi connectivity index (χ1) is 13.1. The third kappa shape index (κ3) is 3.31. The van der Waals surface area contributed by atoms with Crippen LogP contribution in [0.4, 0.5) is 5.69 Å². The molecule has 0 unspecified atom stereocenters. The highest BCUT2D eigenvalue weighted by Crippen LogP contribution is 2.34. The van der Waals surface area contributed by atoms with Crippen molar-refractivity contribution in [3.05, 3.63) is 52.5 Å². The molecule has 1 aliphatic carbocycles. The van der Waals surface area contributed by atoms with Crippen LogP contribution in [0, 0.1) is 0 Å². The molecule has 0 spiro atoms. The third-order valence-electron chi connectivity index (χ3n) is 4.85. The summed E-state index contributed by atoms with van der Waals surface area (Å²) < 4.78 is 2.02. The van der Waals surface area contributed by atoms with Crippen molar-refractivity contribution >= 4 is 51.6 Å². The summed E-state index contributed by atoms with van der Waals surface area (Å²) in [7, 11) is 0. The highest BCUT2D eigenvalue weighted by Gasteiger charge is 2.26. The second-order valence-corrected chi connectivity index (χ2v) is 7.34. The molecule has 6 nitrogen and oxygen atoms in total. The van der Waals surface area contributed by atoms with Gasteiger partial charge in [0.2, 0.25) is 0 Å². The average Bonchev–Trinajstić information content (AvgIpc) is 3.31. The number of aromatic nitrogens is 3. The minimum Gasteiger partial charge on any atom is -0.329 e. The lowest BCUT2D eigenvalue weighted by Crippen LogP contribution is -2.23. The predicted octanol–water partition coefficient (Wildman–Crippen LogP) is 4.67. The van der Waals surface area contributed by atoms with E-state index >= 15 is 0 Å². The quantitative estimate of drug-likeness (QED) is 0.507. The number of carbonyl (C=O) groups is 2. The van der Waals surface area contributed by atoms with Crippen molar-refractivity contribution in [1.29, 1.82) is 0 Å². The average molecular weight is 403 g/mol. The van der Waals surface area contributed by atoms with E-state index in [1.807, 2.05) is 4.57 Å². The fourth-order valence-electron chi connectivity index (χ4n) is 3.55. The van der Waals surface area contributed by atoms with Crippen LogP contribution in [0.2, 0.25) is 10.0 Å². The Bertz CT molecular complexity index is 1020. The Kier molecular flexibility index (Phi) is 4.85. The van der Waals surface area contributed by atoms with Gasteiger partial charge in [0.05, 0.1) is 21.3 Å². The van der Waals surface area contributed by atoms with Gasteiger partial charge in [0.25, 0.3) is 11.7 Å². The summed E-state index contributed by atoms with van der Waals surface area (Å²) in [5.74, 6) is -1.46. The van der Waals surface area contributed by atoms with Crippen LogP contribution in [-0.2, 0) is 4.79 Å². The van der Waals surface area contributed by atoms with Crippen LogP contribution in [-0.4, -0.2) is 26.2 Å². The lowest BCUT2D eigenvalue weighted by Gasteiger charge is -2.12. The van der Waals surface area contributed by atoms with E-state index in [0.717, 1.165) is 31.3 Å². The number of amides is 1. The fraction of sp³-hybridized carbons (Fsp3) is 0.263. The number of hydrogen-bond acceptors (Lipinski definition) is 4. The van der Waals surface area contributed by atoms with Gasteiger partial charge >= 0.3 is 0 Å². The van der Waals surface area contributed by atoms with Crippen LogP contribution < -0.4 is 5.32 Å². The predicted molar refractivity (Wildman–Crippen MR) is 104 cm³/mol. The second kappa shape index (κ2) is 7.29. The summed E-state index contributed by atoms with van der Waals surface area (Å²) in [6.45, 7) is 0. The summed E-state index contributed by atoms with van der Waals surface area (Å²) in [5, 5.41) is 3.49. The maximum atomic E-state index is 12.9. The molecule has 3 aromatic rings. The van der Waals surface area contributed by atoms with Crippen LogP contribution in [0.25, 0.3) is 11.0 Å². The van der Waals surface area contributed by atoms with E-state index in [-0.39, 0.29) is 15.7 Å². The second-order valence-electron chi connectivity index (χ2n) is 6.52.